The van der Waals surface area contributed by atoms with Gasteiger partial charge in [-0.15, -0.1) is 0 Å². The lowest BCUT2D eigenvalue weighted by molar-refractivity contribution is 0.407. The van der Waals surface area contributed by atoms with Gasteiger partial charge in [-0.2, -0.15) is 11.3 Å². The minimum absolute atomic E-state index is 0.892. The standard InChI is InChI=1S/C8H8O3S.C4H4S/c9-12(10)11-7-6-8-4-2-1-3-5-8;1-2-4-5-3-1/h1-7H,(H,9,10);1-4H/p-1. The minimum Gasteiger partial charge on any atom is -0.740 e. The lowest BCUT2D eigenvalue weighted by atomic mass is 10.2. The topological polar surface area (TPSA) is 49.4 Å². The Kier molecular flexibility index (Phi) is 6.97. The fraction of sp³-hybridized carbons (Fsp3) is 0. The summed E-state index contributed by atoms with van der Waals surface area (Å²) in [5, 5.41) is 4.08. The van der Waals surface area contributed by atoms with E-state index in [0.717, 1.165) is 11.8 Å². The van der Waals surface area contributed by atoms with Crippen LogP contribution in [0.1, 0.15) is 5.56 Å². The Bertz CT molecular complexity index is 421. The Morgan fingerprint density at radius 2 is 1.76 bits per heavy atom. The first-order valence-electron chi connectivity index (χ1n) is 4.74. The van der Waals surface area contributed by atoms with Crippen molar-refractivity contribution in [3.63, 3.8) is 0 Å². The molecule has 0 saturated carbocycles. The van der Waals surface area contributed by atoms with Crippen LogP contribution in [-0.4, -0.2) is 8.76 Å². The second kappa shape index (κ2) is 8.69. The van der Waals surface area contributed by atoms with Crippen LogP contribution in [0.2, 0.25) is 0 Å². The van der Waals surface area contributed by atoms with Crippen molar-refractivity contribution in [3.8, 4) is 0 Å². The van der Waals surface area contributed by atoms with Crippen molar-refractivity contribution in [2.24, 2.45) is 0 Å². The number of thiophene rings is 1. The molecular formula is C12H11O3S2-. The van der Waals surface area contributed by atoms with E-state index in [4.69, 9.17) is 0 Å². The van der Waals surface area contributed by atoms with Gasteiger partial charge in [0, 0.05) is 0 Å². The van der Waals surface area contributed by atoms with Crippen LogP contribution in [0.15, 0.2) is 59.5 Å². The van der Waals surface area contributed by atoms with Crippen molar-refractivity contribution in [2.75, 3.05) is 0 Å². The zero-order valence-electron chi connectivity index (χ0n) is 8.89. The van der Waals surface area contributed by atoms with Crippen LogP contribution in [0.25, 0.3) is 6.08 Å². The van der Waals surface area contributed by atoms with Gasteiger partial charge in [-0.3, -0.25) is 0 Å². The van der Waals surface area contributed by atoms with E-state index in [0.29, 0.717) is 0 Å². The zero-order chi connectivity index (χ0) is 12.3. The molecule has 0 amide bonds. The van der Waals surface area contributed by atoms with E-state index in [1.807, 2.05) is 53.2 Å². The molecule has 0 fully saturated rings. The van der Waals surface area contributed by atoms with Gasteiger partial charge in [0.25, 0.3) is 0 Å². The SMILES string of the molecule is O=S([O-])OC=Cc1ccccc1.c1ccsc1. The molecule has 0 bridgehead atoms. The molecule has 0 saturated heterocycles. The third-order valence-corrected chi connectivity index (χ3v) is 2.52. The van der Waals surface area contributed by atoms with Crippen LogP contribution in [0.5, 0.6) is 0 Å². The van der Waals surface area contributed by atoms with Crippen molar-refractivity contribution in [1.82, 2.24) is 0 Å². The molecule has 0 aliphatic carbocycles. The monoisotopic (exact) mass is 267 g/mol. The largest absolute Gasteiger partial charge is 0.740 e. The summed E-state index contributed by atoms with van der Waals surface area (Å²) in [5.74, 6) is 0. The van der Waals surface area contributed by atoms with Gasteiger partial charge >= 0.3 is 0 Å². The van der Waals surface area contributed by atoms with Crippen molar-refractivity contribution >= 4 is 28.8 Å². The molecule has 1 unspecified atom stereocenters. The summed E-state index contributed by atoms with van der Waals surface area (Å²) in [4.78, 5) is 0. The number of hydrogen-bond donors (Lipinski definition) is 0. The quantitative estimate of drug-likeness (QED) is 0.633. The number of rotatable bonds is 3. The molecule has 2 rings (SSSR count). The summed E-state index contributed by atoms with van der Waals surface area (Å²) in [5.41, 5.74) is 0.892. The summed E-state index contributed by atoms with van der Waals surface area (Å²) < 4.78 is 24.0. The molecule has 0 aliphatic rings. The molecule has 90 valence electrons. The van der Waals surface area contributed by atoms with E-state index in [-0.39, 0.29) is 0 Å². The van der Waals surface area contributed by atoms with Crippen molar-refractivity contribution in [2.45, 2.75) is 0 Å². The Labute approximate surface area is 107 Å². The maximum Gasteiger partial charge on any atom is 0.138 e. The fourth-order valence-corrected chi connectivity index (χ4v) is 1.54. The minimum atomic E-state index is -2.48. The molecule has 0 N–H and O–H groups in total. The number of benzene rings is 1. The van der Waals surface area contributed by atoms with Crippen LogP contribution in [0, 0.1) is 0 Å². The van der Waals surface area contributed by atoms with E-state index < -0.39 is 11.4 Å². The van der Waals surface area contributed by atoms with Crippen LogP contribution in [-0.2, 0) is 15.5 Å². The lowest BCUT2D eigenvalue weighted by Gasteiger charge is -1.99. The van der Waals surface area contributed by atoms with E-state index in [2.05, 4.69) is 4.18 Å². The molecule has 1 aromatic carbocycles. The Morgan fingerprint density at radius 1 is 1.12 bits per heavy atom. The molecule has 1 aromatic heterocycles. The van der Waals surface area contributed by atoms with Crippen LogP contribution < -0.4 is 0 Å². The van der Waals surface area contributed by atoms with Crippen molar-refractivity contribution < 1.29 is 12.9 Å². The molecule has 5 heteroatoms. The Hall–Kier alpha value is -1.43. The molecule has 1 atom stereocenters. The van der Waals surface area contributed by atoms with Crippen LogP contribution in [0.3, 0.4) is 0 Å². The summed E-state index contributed by atoms with van der Waals surface area (Å²) in [6.07, 6.45) is 2.69. The molecule has 0 spiro atoms. The predicted molar refractivity (Wildman–Crippen MR) is 69.8 cm³/mol. The molecule has 17 heavy (non-hydrogen) atoms. The second-order valence-electron chi connectivity index (χ2n) is 2.81. The van der Waals surface area contributed by atoms with Crippen LogP contribution in [0.4, 0.5) is 0 Å². The van der Waals surface area contributed by atoms with Gasteiger partial charge in [0.15, 0.2) is 0 Å². The predicted octanol–water partition coefficient (Wildman–Crippen LogP) is 3.22. The normalized spacial score (nSPS) is 11.6. The smallest absolute Gasteiger partial charge is 0.138 e. The second-order valence-corrected chi connectivity index (χ2v) is 4.22. The van der Waals surface area contributed by atoms with Gasteiger partial charge in [-0.1, -0.05) is 42.5 Å². The highest BCUT2D eigenvalue weighted by Gasteiger charge is 1.81. The van der Waals surface area contributed by atoms with Gasteiger partial charge in [0.05, 0.1) is 0 Å². The highest BCUT2D eigenvalue weighted by atomic mass is 32.2. The van der Waals surface area contributed by atoms with E-state index >= 15 is 0 Å². The highest BCUT2D eigenvalue weighted by Crippen LogP contribution is 2.00. The van der Waals surface area contributed by atoms with Crippen molar-refractivity contribution in [1.29, 1.82) is 0 Å². The first-order chi connectivity index (χ1) is 8.29. The maximum absolute atomic E-state index is 9.92. The first-order valence-corrected chi connectivity index (χ1v) is 6.68. The molecule has 2 aromatic rings. The van der Waals surface area contributed by atoms with Gasteiger partial charge in [0.2, 0.25) is 0 Å². The molecule has 0 radical (unpaired) electrons. The fourth-order valence-electron chi connectivity index (χ4n) is 0.943. The van der Waals surface area contributed by atoms with Crippen molar-refractivity contribution in [3.05, 3.63) is 65.1 Å². The third kappa shape index (κ3) is 7.46. The van der Waals surface area contributed by atoms with E-state index in [1.165, 1.54) is 0 Å². The molecule has 0 aliphatic heterocycles. The maximum atomic E-state index is 9.92. The van der Waals surface area contributed by atoms with Gasteiger partial charge < -0.3 is 8.74 Å². The van der Waals surface area contributed by atoms with Gasteiger partial charge in [-0.05, 0) is 22.4 Å². The lowest BCUT2D eigenvalue weighted by Crippen LogP contribution is -1.85. The Balaban J connectivity index is 0.000000239. The summed E-state index contributed by atoms with van der Waals surface area (Å²) in [7, 11) is 0. The van der Waals surface area contributed by atoms with E-state index in [1.54, 1.807) is 17.4 Å². The average Bonchev–Trinajstić information content (AvgIpc) is 2.88. The highest BCUT2D eigenvalue weighted by molar-refractivity contribution is 7.74. The summed E-state index contributed by atoms with van der Waals surface area (Å²) in [6, 6.07) is 13.3. The Morgan fingerprint density at radius 3 is 2.24 bits per heavy atom. The first kappa shape index (κ1) is 13.6. The zero-order valence-corrected chi connectivity index (χ0v) is 10.5. The third-order valence-electron chi connectivity index (χ3n) is 1.62. The number of hydrogen-bond acceptors (Lipinski definition) is 4. The molecular weight excluding hydrogens is 256 g/mol. The molecule has 1 heterocycles. The summed E-state index contributed by atoms with van der Waals surface area (Å²) in [6.45, 7) is 0. The van der Waals surface area contributed by atoms with E-state index in [9.17, 15) is 8.76 Å². The summed E-state index contributed by atoms with van der Waals surface area (Å²) >= 11 is -0.763. The molecule has 3 nitrogen and oxygen atoms in total. The van der Waals surface area contributed by atoms with Gasteiger partial charge in [-0.25, -0.2) is 4.21 Å². The van der Waals surface area contributed by atoms with Crippen LogP contribution >= 0.6 is 11.3 Å². The van der Waals surface area contributed by atoms with Gasteiger partial charge in [0.1, 0.15) is 17.6 Å². The average molecular weight is 267 g/mol.